The van der Waals surface area contributed by atoms with E-state index in [1.165, 1.54) is 0 Å². The lowest BCUT2D eigenvalue weighted by molar-refractivity contribution is -0.282. The van der Waals surface area contributed by atoms with Gasteiger partial charge in [0.25, 0.3) is 0 Å². The summed E-state index contributed by atoms with van der Waals surface area (Å²) in [7, 11) is 0. The van der Waals surface area contributed by atoms with Gasteiger partial charge in [-0.1, -0.05) is 0 Å². The number of phenols is 13. The molecule has 3 aliphatic rings. The van der Waals surface area contributed by atoms with E-state index in [1.807, 2.05) is 0 Å². The van der Waals surface area contributed by atoms with Crippen LogP contribution in [0, 0.1) is 0 Å². The summed E-state index contributed by atoms with van der Waals surface area (Å²) in [5.41, 5.74) is -8.06. The zero-order valence-corrected chi connectivity index (χ0v) is 32.3. The Kier molecular flexibility index (Phi) is 9.27. The Balaban J connectivity index is 1.30. The van der Waals surface area contributed by atoms with Crippen LogP contribution in [0.25, 0.3) is 33.1 Å². The summed E-state index contributed by atoms with van der Waals surface area (Å²) in [6, 6.07) is 3.32. The SMILES string of the molecule is O=C(O[C@H]1O[C@@H]2COC(=O)c3cc(O)c(O)c(O)c3-c3c(cc(O)c(O)c3O)C(=O)O[C@@H]3[C@H]2OC(=O)c2cc(O)c(O)c4oc5c(O)c(O)cc(c5c24)C(=O)O[C@@H]13)c1cc(O)c(O)c(O)c1. The zero-order valence-electron chi connectivity index (χ0n) is 32.3. The van der Waals surface area contributed by atoms with Crippen LogP contribution in [0.15, 0.2) is 40.8 Å². The van der Waals surface area contributed by atoms with Gasteiger partial charge in [0, 0.05) is 21.9 Å². The van der Waals surface area contributed by atoms with Gasteiger partial charge >= 0.3 is 29.8 Å². The summed E-state index contributed by atoms with van der Waals surface area (Å²) in [6.07, 6.45) is -11.7. The van der Waals surface area contributed by atoms with Crippen molar-refractivity contribution in [2.45, 2.75) is 30.7 Å². The van der Waals surface area contributed by atoms with Crippen molar-refractivity contribution in [3.8, 4) is 85.9 Å². The van der Waals surface area contributed by atoms with Crippen molar-refractivity contribution in [3.05, 3.63) is 64.2 Å². The van der Waals surface area contributed by atoms with Crippen LogP contribution in [0.3, 0.4) is 0 Å². The van der Waals surface area contributed by atoms with Gasteiger partial charge in [-0.2, -0.15) is 0 Å². The number of benzene rings is 5. The number of furan rings is 1. The molecule has 0 saturated carbocycles. The Morgan fingerprint density at radius 1 is 0.470 bits per heavy atom. The van der Waals surface area contributed by atoms with Crippen LogP contribution in [0.1, 0.15) is 51.8 Å². The minimum absolute atomic E-state index is 0.414. The molecule has 6 aromatic rings. The van der Waals surface area contributed by atoms with E-state index in [0.717, 1.165) is 0 Å². The molecular weight excluding hydrogens is 892 g/mol. The molecule has 66 heavy (non-hydrogen) atoms. The molecule has 0 amide bonds. The van der Waals surface area contributed by atoms with Crippen molar-refractivity contribution >= 4 is 51.8 Å². The summed E-state index contributed by atoms with van der Waals surface area (Å²) in [6.45, 7) is -1.21. The Morgan fingerprint density at radius 2 is 0.879 bits per heavy atom. The molecule has 0 spiro atoms. The maximum absolute atomic E-state index is 14.6. The number of aromatic hydroxyl groups is 13. The molecular formula is C41H26O25. The molecule has 1 fully saturated rings. The van der Waals surface area contributed by atoms with Crippen LogP contribution >= 0.6 is 0 Å². The molecule has 4 heterocycles. The molecule has 9 rings (SSSR count). The van der Waals surface area contributed by atoms with E-state index in [1.54, 1.807) is 0 Å². The van der Waals surface area contributed by atoms with Gasteiger partial charge in [-0.15, -0.1) is 0 Å². The zero-order chi connectivity index (χ0) is 47.5. The second-order valence-electron chi connectivity index (χ2n) is 14.6. The van der Waals surface area contributed by atoms with Gasteiger partial charge in [-0.3, -0.25) is 0 Å². The van der Waals surface area contributed by atoms with Gasteiger partial charge in [0.1, 0.15) is 12.7 Å². The minimum atomic E-state index is -2.46. The van der Waals surface area contributed by atoms with Crippen molar-refractivity contribution in [2.75, 3.05) is 6.61 Å². The largest absolute Gasteiger partial charge is 0.504 e. The first-order chi connectivity index (χ1) is 31.2. The first-order valence-corrected chi connectivity index (χ1v) is 18.5. The number of ether oxygens (including phenoxy) is 6. The Hall–Kier alpha value is -9.39. The van der Waals surface area contributed by atoms with Crippen LogP contribution < -0.4 is 0 Å². The van der Waals surface area contributed by atoms with Crippen molar-refractivity contribution in [3.63, 3.8) is 0 Å². The van der Waals surface area contributed by atoms with Crippen LogP contribution in [0.4, 0.5) is 0 Å². The summed E-state index contributed by atoms with van der Waals surface area (Å²) in [5, 5.41) is 136. The number of fused-ring (bicyclic) bond motifs is 3. The van der Waals surface area contributed by atoms with Crippen LogP contribution in [0.5, 0.6) is 74.7 Å². The normalized spacial score (nSPS) is 20.4. The van der Waals surface area contributed by atoms with Gasteiger partial charge in [0.05, 0.1) is 27.8 Å². The van der Waals surface area contributed by atoms with Gasteiger partial charge in [0.15, 0.2) is 75.1 Å². The molecule has 340 valence electrons. The average Bonchev–Trinajstić information content (AvgIpc) is 3.67. The number of hydrogen-bond acceptors (Lipinski definition) is 25. The van der Waals surface area contributed by atoms with Crippen molar-refractivity contribution in [2.24, 2.45) is 0 Å². The van der Waals surface area contributed by atoms with E-state index >= 15 is 0 Å². The second-order valence-corrected chi connectivity index (χ2v) is 14.6. The number of phenolic OH excluding ortho intramolecular Hbond substituents is 13. The third kappa shape index (κ3) is 6.16. The summed E-state index contributed by atoms with van der Waals surface area (Å²) < 4.78 is 39.7. The highest BCUT2D eigenvalue weighted by Crippen LogP contribution is 2.54. The Bertz CT molecular complexity index is 3180. The molecule has 1 aromatic heterocycles. The summed E-state index contributed by atoms with van der Waals surface area (Å²) in [4.78, 5) is 71.2. The highest BCUT2D eigenvalue weighted by atomic mass is 16.7. The highest BCUT2D eigenvalue weighted by molar-refractivity contribution is 6.23. The maximum Gasteiger partial charge on any atom is 0.340 e. The standard InChI is InChI=1S/C41H26O25/c42-13-1-8(2-14(43)24(13)48)36(55)66-41-35-34-31(63-39(58)11-5-17(46)27(51)32-22(11)23-12(40(59)65-35)6-18(47)28(52)33(23)62-32)19(61-41)7-60-37(56)9-3-15(44)25(49)29(53)20(9)21-10(38(57)64-34)4-16(45)26(50)30(21)54/h1-6,19,31,34-35,41-54H,7H2/t19-,31+,34-,35-,41-/m1/s1. The van der Waals surface area contributed by atoms with E-state index in [2.05, 4.69) is 0 Å². The number of esters is 5. The number of carbonyl (C=O) groups is 5. The van der Waals surface area contributed by atoms with E-state index < -0.39 is 203 Å². The van der Waals surface area contributed by atoms with E-state index in [4.69, 9.17) is 32.8 Å². The lowest BCUT2D eigenvalue weighted by atomic mass is 9.91. The first kappa shape index (κ1) is 41.9. The fraction of sp³-hybridized carbons (Fsp3) is 0.146. The molecule has 25 nitrogen and oxygen atoms in total. The molecule has 13 N–H and O–H groups in total. The molecule has 0 aliphatic carbocycles. The third-order valence-corrected chi connectivity index (χ3v) is 10.8. The van der Waals surface area contributed by atoms with Gasteiger partial charge in [-0.25, -0.2) is 24.0 Å². The number of carbonyl (C=O) groups excluding carboxylic acids is 5. The predicted octanol–water partition coefficient (Wildman–Crippen LogP) is 2.47. The lowest BCUT2D eigenvalue weighted by Crippen LogP contribution is -2.63. The molecule has 25 heteroatoms. The number of cyclic esters (lactones) is 1. The predicted molar refractivity (Wildman–Crippen MR) is 206 cm³/mol. The van der Waals surface area contributed by atoms with E-state index in [9.17, 15) is 90.4 Å². The molecule has 4 bridgehead atoms. The molecule has 5 aromatic carbocycles. The highest BCUT2D eigenvalue weighted by Gasteiger charge is 2.56. The Labute approximate surface area is 362 Å². The second kappa shape index (κ2) is 14.6. The Morgan fingerprint density at radius 3 is 1.39 bits per heavy atom. The third-order valence-electron chi connectivity index (χ3n) is 10.8. The molecule has 0 radical (unpaired) electrons. The van der Waals surface area contributed by atoms with Crippen LogP contribution in [-0.4, -0.2) is 134 Å². The summed E-state index contributed by atoms with van der Waals surface area (Å²) >= 11 is 0. The van der Waals surface area contributed by atoms with E-state index in [-0.39, 0.29) is 0 Å². The first-order valence-electron chi connectivity index (χ1n) is 18.5. The number of hydrogen-bond donors (Lipinski definition) is 13. The molecule has 3 aliphatic heterocycles. The average molecular weight is 919 g/mol. The van der Waals surface area contributed by atoms with Crippen molar-refractivity contribution in [1.29, 1.82) is 0 Å². The quantitative estimate of drug-likeness (QED) is 0.0674. The van der Waals surface area contributed by atoms with Crippen LogP contribution in [-0.2, 0) is 28.4 Å². The summed E-state index contributed by atoms with van der Waals surface area (Å²) in [5.74, 6) is -23.6. The maximum atomic E-state index is 14.6. The monoisotopic (exact) mass is 918 g/mol. The van der Waals surface area contributed by atoms with Crippen molar-refractivity contribution in [1.82, 2.24) is 0 Å². The number of rotatable bonds is 2. The van der Waals surface area contributed by atoms with Gasteiger partial charge in [0.2, 0.25) is 35.4 Å². The molecule has 1 saturated heterocycles. The fourth-order valence-corrected chi connectivity index (χ4v) is 7.71. The minimum Gasteiger partial charge on any atom is -0.504 e. The van der Waals surface area contributed by atoms with Crippen molar-refractivity contribution < 1.29 is 123 Å². The lowest BCUT2D eigenvalue weighted by Gasteiger charge is -2.44. The smallest absolute Gasteiger partial charge is 0.340 e. The van der Waals surface area contributed by atoms with Gasteiger partial charge in [-0.05, 0) is 36.4 Å². The fourth-order valence-electron chi connectivity index (χ4n) is 7.71. The van der Waals surface area contributed by atoms with E-state index in [0.29, 0.717) is 36.4 Å². The molecule has 0 unspecified atom stereocenters. The topological polar surface area (TPSA) is 417 Å². The van der Waals surface area contributed by atoms with Crippen LogP contribution in [0.2, 0.25) is 0 Å². The van der Waals surface area contributed by atoms with Gasteiger partial charge < -0.3 is 99.2 Å². The molecule has 5 atom stereocenters.